The highest BCUT2D eigenvalue weighted by molar-refractivity contribution is 14.0. The number of nitrogens with zero attached hydrogens (tertiary/aromatic N) is 3. The molecular weight excluding hydrogens is 434 g/mol. The first-order valence-electron chi connectivity index (χ1n) is 7.91. The Morgan fingerprint density at radius 1 is 1.36 bits per heavy atom. The van der Waals surface area contributed by atoms with Gasteiger partial charge in [0.1, 0.15) is 11.6 Å². The molecule has 0 amide bonds. The van der Waals surface area contributed by atoms with Gasteiger partial charge in [0.25, 0.3) is 0 Å². The number of aliphatic imine (C=N–C) groups is 1. The van der Waals surface area contributed by atoms with Crippen LogP contribution in [0, 0.1) is 5.82 Å². The number of nitrogens with one attached hydrogen (secondary N) is 1. The van der Waals surface area contributed by atoms with Gasteiger partial charge in [-0.3, -0.25) is 4.99 Å². The van der Waals surface area contributed by atoms with Gasteiger partial charge >= 0.3 is 0 Å². The summed E-state index contributed by atoms with van der Waals surface area (Å²) in [4.78, 5) is 10.5. The fraction of sp³-hybridized carbons (Fsp3) is 0.444. The largest absolute Gasteiger partial charge is 0.443 e. The van der Waals surface area contributed by atoms with Gasteiger partial charge in [-0.05, 0) is 17.7 Å². The molecule has 0 fully saturated rings. The van der Waals surface area contributed by atoms with Gasteiger partial charge in [-0.1, -0.05) is 32.9 Å². The number of halogens is 2. The summed E-state index contributed by atoms with van der Waals surface area (Å²) in [5, 5.41) is 3.21. The molecule has 1 aromatic carbocycles. The van der Waals surface area contributed by atoms with Crippen LogP contribution in [0.4, 0.5) is 4.39 Å². The third-order valence-electron chi connectivity index (χ3n) is 3.57. The third-order valence-corrected chi connectivity index (χ3v) is 3.57. The number of benzene rings is 1. The predicted octanol–water partition coefficient (Wildman–Crippen LogP) is 3.94. The Morgan fingerprint density at radius 2 is 2.08 bits per heavy atom. The van der Waals surface area contributed by atoms with E-state index in [1.54, 1.807) is 19.3 Å². The Bertz CT molecular complexity index is 709. The summed E-state index contributed by atoms with van der Waals surface area (Å²) in [6.45, 7) is 7.23. The van der Waals surface area contributed by atoms with Crippen molar-refractivity contribution in [3.8, 4) is 0 Å². The molecule has 1 aromatic heterocycles. The zero-order chi connectivity index (χ0) is 17.7. The van der Waals surface area contributed by atoms with E-state index in [1.807, 2.05) is 18.0 Å². The van der Waals surface area contributed by atoms with Crippen LogP contribution in [0.15, 0.2) is 39.9 Å². The Morgan fingerprint density at radius 3 is 2.64 bits per heavy atom. The summed E-state index contributed by atoms with van der Waals surface area (Å²) < 4.78 is 19.0. The van der Waals surface area contributed by atoms with Crippen LogP contribution in [0.3, 0.4) is 0 Å². The quantitative estimate of drug-likeness (QED) is 0.427. The van der Waals surface area contributed by atoms with Gasteiger partial charge < -0.3 is 14.6 Å². The Labute approximate surface area is 165 Å². The van der Waals surface area contributed by atoms with Gasteiger partial charge in [-0.2, -0.15) is 0 Å². The molecular formula is C18H26FIN4O. The monoisotopic (exact) mass is 460 g/mol. The summed E-state index contributed by atoms with van der Waals surface area (Å²) in [5.74, 6) is 1.91. The lowest BCUT2D eigenvalue weighted by Gasteiger charge is -2.21. The fourth-order valence-electron chi connectivity index (χ4n) is 2.26. The number of hydrogen-bond acceptors (Lipinski definition) is 3. The summed E-state index contributed by atoms with van der Waals surface area (Å²) in [6, 6.07) is 6.55. The smallest absolute Gasteiger partial charge is 0.213 e. The molecule has 0 aliphatic carbocycles. The summed E-state index contributed by atoms with van der Waals surface area (Å²) in [6.07, 6.45) is 1.76. The summed E-state index contributed by atoms with van der Waals surface area (Å²) >= 11 is 0. The number of rotatable bonds is 4. The molecule has 0 atom stereocenters. The van der Waals surface area contributed by atoms with E-state index in [1.165, 1.54) is 12.1 Å². The number of aromatic nitrogens is 1. The van der Waals surface area contributed by atoms with Crippen molar-refractivity contribution < 1.29 is 8.81 Å². The highest BCUT2D eigenvalue weighted by atomic mass is 127. The van der Waals surface area contributed by atoms with E-state index in [-0.39, 0.29) is 35.2 Å². The van der Waals surface area contributed by atoms with Crippen LogP contribution in [0.2, 0.25) is 0 Å². The lowest BCUT2D eigenvalue weighted by Crippen LogP contribution is -2.38. The first-order valence-corrected chi connectivity index (χ1v) is 7.91. The lowest BCUT2D eigenvalue weighted by molar-refractivity contribution is 0.376. The van der Waals surface area contributed by atoms with Crippen molar-refractivity contribution >= 4 is 29.9 Å². The van der Waals surface area contributed by atoms with Crippen molar-refractivity contribution in [1.82, 2.24) is 15.2 Å². The average molecular weight is 460 g/mol. The summed E-state index contributed by atoms with van der Waals surface area (Å²) in [5.41, 5.74) is 0.813. The second kappa shape index (κ2) is 9.17. The molecule has 0 radical (unpaired) electrons. The van der Waals surface area contributed by atoms with Crippen molar-refractivity contribution in [2.75, 3.05) is 14.1 Å². The highest BCUT2D eigenvalue weighted by Crippen LogP contribution is 2.22. The molecule has 1 N–H and O–H groups in total. The number of hydrogen-bond donors (Lipinski definition) is 1. The minimum Gasteiger partial charge on any atom is -0.443 e. The molecule has 1 heterocycles. The van der Waals surface area contributed by atoms with Gasteiger partial charge in [0.05, 0.1) is 12.7 Å². The van der Waals surface area contributed by atoms with E-state index < -0.39 is 0 Å². The van der Waals surface area contributed by atoms with Crippen molar-refractivity contribution in [2.24, 2.45) is 4.99 Å². The minimum atomic E-state index is -0.238. The molecule has 0 saturated carbocycles. The van der Waals surface area contributed by atoms with Crippen LogP contribution in [0.1, 0.15) is 38.0 Å². The molecule has 2 rings (SSSR count). The van der Waals surface area contributed by atoms with Crippen molar-refractivity contribution in [3.63, 3.8) is 0 Å². The molecule has 0 unspecified atom stereocenters. The Kier molecular flexibility index (Phi) is 7.85. The fourth-order valence-corrected chi connectivity index (χ4v) is 2.26. The molecule has 25 heavy (non-hydrogen) atoms. The molecule has 0 aliphatic heterocycles. The lowest BCUT2D eigenvalue weighted by atomic mass is 9.94. The first kappa shape index (κ1) is 21.4. The van der Waals surface area contributed by atoms with Gasteiger partial charge in [-0.25, -0.2) is 9.37 Å². The van der Waals surface area contributed by atoms with Crippen LogP contribution in [0.5, 0.6) is 0 Å². The first-order chi connectivity index (χ1) is 11.3. The summed E-state index contributed by atoms with van der Waals surface area (Å²) in [7, 11) is 3.61. The topological polar surface area (TPSA) is 53.7 Å². The molecule has 5 nitrogen and oxygen atoms in total. The number of oxazole rings is 1. The van der Waals surface area contributed by atoms with E-state index in [0.29, 0.717) is 24.9 Å². The van der Waals surface area contributed by atoms with E-state index in [4.69, 9.17) is 4.42 Å². The SMILES string of the molecule is CN=C(NCc1ncc(C(C)(C)C)o1)N(C)Cc1cccc(F)c1.I. The zero-order valence-electron chi connectivity index (χ0n) is 15.3. The van der Waals surface area contributed by atoms with E-state index >= 15 is 0 Å². The van der Waals surface area contributed by atoms with Gasteiger partial charge in [-0.15, -0.1) is 24.0 Å². The van der Waals surface area contributed by atoms with Crippen molar-refractivity contribution in [1.29, 1.82) is 0 Å². The van der Waals surface area contributed by atoms with Crippen LogP contribution in [-0.4, -0.2) is 29.9 Å². The second-order valence-corrected chi connectivity index (χ2v) is 6.76. The third kappa shape index (κ3) is 6.30. The molecule has 0 bridgehead atoms. The maximum Gasteiger partial charge on any atom is 0.213 e. The van der Waals surface area contributed by atoms with Crippen LogP contribution in [-0.2, 0) is 18.5 Å². The molecule has 0 saturated heterocycles. The minimum absolute atomic E-state index is 0. The van der Waals surface area contributed by atoms with Crippen LogP contribution in [0.25, 0.3) is 0 Å². The van der Waals surface area contributed by atoms with E-state index in [2.05, 4.69) is 36.1 Å². The molecule has 0 aliphatic rings. The van der Waals surface area contributed by atoms with Gasteiger partial charge in [0.15, 0.2) is 5.96 Å². The van der Waals surface area contributed by atoms with Crippen LogP contribution >= 0.6 is 24.0 Å². The van der Waals surface area contributed by atoms with Crippen molar-refractivity contribution in [2.45, 2.75) is 39.3 Å². The normalized spacial score (nSPS) is 11.8. The second-order valence-electron chi connectivity index (χ2n) is 6.76. The maximum absolute atomic E-state index is 13.3. The molecule has 2 aromatic rings. The Balaban J connectivity index is 0.00000312. The van der Waals surface area contributed by atoms with E-state index in [9.17, 15) is 4.39 Å². The van der Waals surface area contributed by atoms with Crippen LogP contribution < -0.4 is 5.32 Å². The molecule has 0 spiro atoms. The Hall–Kier alpha value is -1.64. The molecule has 138 valence electrons. The highest BCUT2D eigenvalue weighted by Gasteiger charge is 2.19. The zero-order valence-corrected chi connectivity index (χ0v) is 17.7. The standard InChI is InChI=1S/C18H25FN4O.HI/c1-18(2,3)15-10-21-16(24-15)11-22-17(20-4)23(5)12-13-7-6-8-14(19)9-13;/h6-10H,11-12H2,1-5H3,(H,20,22);1H. The van der Waals surface area contributed by atoms with E-state index in [0.717, 1.165) is 11.3 Å². The van der Waals surface area contributed by atoms with Crippen molar-refractivity contribution in [3.05, 3.63) is 53.5 Å². The van der Waals surface area contributed by atoms with Gasteiger partial charge in [0, 0.05) is 26.1 Å². The van der Waals surface area contributed by atoms with Gasteiger partial charge in [0.2, 0.25) is 5.89 Å². The number of guanidine groups is 1. The average Bonchev–Trinajstić information content (AvgIpc) is 2.97. The predicted molar refractivity (Wildman–Crippen MR) is 109 cm³/mol. The maximum atomic E-state index is 13.3. The molecule has 7 heteroatoms.